The summed E-state index contributed by atoms with van der Waals surface area (Å²) < 4.78 is 27.7. The molecule has 1 aromatic rings. The zero-order valence-corrected chi connectivity index (χ0v) is 14.8. The number of rotatable bonds is 3. The molecule has 5 nitrogen and oxygen atoms in total. The lowest BCUT2D eigenvalue weighted by molar-refractivity contribution is 0.308. The molecule has 120 valence electrons. The van der Waals surface area contributed by atoms with Gasteiger partial charge in [0, 0.05) is 17.7 Å². The van der Waals surface area contributed by atoms with Crippen LogP contribution in [-0.4, -0.2) is 29.5 Å². The van der Waals surface area contributed by atoms with E-state index in [0.29, 0.717) is 6.42 Å². The zero-order valence-electron chi connectivity index (χ0n) is 13.2. The maximum Gasteiger partial charge on any atom is 0.150 e. The molecule has 0 aromatic carbocycles. The maximum absolute atomic E-state index is 11.8. The van der Waals surface area contributed by atoms with Gasteiger partial charge in [0.1, 0.15) is 9.84 Å². The van der Waals surface area contributed by atoms with Gasteiger partial charge in [-0.15, -0.1) is 5.10 Å². The molecule has 0 saturated heterocycles. The topological polar surface area (TPSA) is 85.9 Å². The van der Waals surface area contributed by atoms with Gasteiger partial charge in [-0.1, -0.05) is 31.7 Å². The number of nitrogens with zero attached hydrogens (tertiary/aromatic N) is 2. The molecule has 1 aliphatic rings. The maximum atomic E-state index is 11.8. The Kier molecular flexibility index (Phi) is 4.75. The molecule has 1 fully saturated rings. The molecular weight excluding hydrogens is 306 g/mol. The minimum Gasteiger partial charge on any atom is -0.323 e. The first-order chi connectivity index (χ1) is 9.60. The van der Waals surface area contributed by atoms with Gasteiger partial charge in [0.2, 0.25) is 0 Å². The highest BCUT2D eigenvalue weighted by molar-refractivity contribution is 7.91. The van der Waals surface area contributed by atoms with Crippen LogP contribution in [0, 0.1) is 5.92 Å². The molecule has 0 aliphatic heterocycles. The molecule has 2 rings (SSSR count). The largest absolute Gasteiger partial charge is 0.323 e. The number of hydrogen-bond donors (Lipinski definition) is 1. The highest BCUT2D eigenvalue weighted by Gasteiger charge is 2.35. The van der Waals surface area contributed by atoms with Crippen LogP contribution in [-0.2, 0) is 15.3 Å². The molecule has 0 spiro atoms. The van der Waals surface area contributed by atoms with Crippen LogP contribution in [0.5, 0.6) is 0 Å². The van der Waals surface area contributed by atoms with E-state index in [4.69, 9.17) is 5.73 Å². The molecule has 21 heavy (non-hydrogen) atoms. The van der Waals surface area contributed by atoms with Crippen LogP contribution in [0.3, 0.4) is 0 Å². The third-order valence-electron chi connectivity index (χ3n) is 4.31. The number of aromatic nitrogens is 2. The van der Waals surface area contributed by atoms with Crippen LogP contribution in [0.15, 0.2) is 0 Å². The fourth-order valence-electron chi connectivity index (χ4n) is 3.05. The zero-order chi connectivity index (χ0) is 15.8. The fraction of sp³-hybridized carbons (Fsp3) is 0.857. The molecule has 0 amide bonds. The summed E-state index contributed by atoms with van der Waals surface area (Å²) in [5, 5.41) is 3.99. The summed E-state index contributed by atoms with van der Waals surface area (Å²) in [4.78, 5) is 1.02. The Balaban J connectivity index is 2.21. The lowest BCUT2D eigenvalue weighted by Gasteiger charge is -2.32. The second-order valence-corrected chi connectivity index (χ2v) is 10.3. The van der Waals surface area contributed by atoms with Gasteiger partial charge < -0.3 is 5.73 Å². The number of hydrogen-bond acceptors (Lipinski definition) is 6. The van der Waals surface area contributed by atoms with E-state index in [0.717, 1.165) is 29.8 Å². The van der Waals surface area contributed by atoms with E-state index in [9.17, 15) is 8.42 Å². The van der Waals surface area contributed by atoms with Crippen molar-refractivity contribution >= 4 is 21.4 Å². The van der Waals surface area contributed by atoms with Crippen molar-refractivity contribution in [2.24, 2.45) is 11.7 Å². The first-order valence-electron chi connectivity index (χ1n) is 7.38. The van der Waals surface area contributed by atoms with Crippen molar-refractivity contribution in [3.8, 4) is 0 Å². The molecule has 3 atom stereocenters. The van der Waals surface area contributed by atoms with Crippen molar-refractivity contribution in [1.29, 1.82) is 0 Å². The highest BCUT2D eigenvalue weighted by Crippen LogP contribution is 2.39. The summed E-state index contributed by atoms with van der Waals surface area (Å²) in [6.07, 6.45) is 4.65. The summed E-state index contributed by atoms with van der Waals surface area (Å²) in [7, 11) is -2.98. The van der Waals surface area contributed by atoms with Gasteiger partial charge >= 0.3 is 0 Å². The van der Waals surface area contributed by atoms with Gasteiger partial charge in [-0.05, 0) is 36.7 Å². The molecule has 1 saturated carbocycles. The Bertz CT molecular complexity index is 590. The molecule has 1 aliphatic carbocycles. The van der Waals surface area contributed by atoms with Crippen LogP contribution >= 0.6 is 11.5 Å². The smallest absolute Gasteiger partial charge is 0.150 e. The lowest BCUT2D eigenvalue weighted by Crippen LogP contribution is -2.33. The van der Waals surface area contributed by atoms with Gasteiger partial charge in [-0.2, -0.15) is 0 Å². The third-order valence-corrected chi connectivity index (χ3v) is 6.77. The minimum atomic E-state index is -2.98. The average Bonchev–Trinajstić information content (AvgIpc) is 2.86. The molecule has 7 heteroatoms. The van der Waals surface area contributed by atoms with Crippen LogP contribution in [0.2, 0.25) is 0 Å². The predicted molar refractivity (Wildman–Crippen MR) is 86.1 cm³/mol. The molecule has 3 unspecified atom stereocenters. The molecule has 1 aromatic heterocycles. The Morgan fingerprint density at radius 2 is 2.00 bits per heavy atom. The van der Waals surface area contributed by atoms with Crippen LogP contribution in [0.4, 0.5) is 0 Å². The Morgan fingerprint density at radius 1 is 1.33 bits per heavy atom. The normalized spacial score (nSPS) is 25.8. The molecule has 0 radical (unpaired) electrons. The molecule has 2 N–H and O–H groups in total. The van der Waals surface area contributed by atoms with Crippen LogP contribution in [0.25, 0.3) is 0 Å². The fourth-order valence-corrected chi connectivity index (χ4v) is 5.20. The van der Waals surface area contributed by atoms with E-state index >= 15 is 0 Å². The van der Waals surface area contributed by atoms with Crippen LogP contribution in [0.1, 0.15) is 63.1 Å². The van der Waals surface area contributed by atoms with Gasteiger partial charge in [0.05, 0.1) is 15.8 Å². The third kappa shape index (κ3) is 3.81. The Labute approximate surface area is 131 Å². The lowest BCUT2D eigenvalue weighted by atomic mass is 9.81. The summed E-state index contributed by atoms with van der Waals surface area (Å²) in [5.74, 6) is 0.196. The van der Waals surface area contributed by atoms with E-state index in [2.05, 4.69) is 30.4 Å². The second-order valence-electron chi connectivity index (χ2n) is 7.14. The summed E-state index contributed by atoms with van der Waals surface area (Å²) in [5.41, 5.74) is 7.31. The predicted octanol–water partition coefficient (Wildman–Crippen LogP) is 2.44. The summed E-state index contributed by atoms with van der Waals surface area (Å²) in [6.45, 7) is 6.29. The van der Waals surface area contributed by atoms with E-state index in [1.807, 2.05) is 0 Å². The highest BCUT2D eigenvalue weighted by atomic mass is 32.2. The summed E-state index contributed by atoms with van der Waals surface area (Å²) in [6, 6.07) is -0.163. The van der Waals surface area contributed by atoms with Crippen molar-refractivity contribution in [1.82, 2.24) is 9.59 Å². The first-order valence-corrected chi connectivity index (χ1v) is 10.1. The average molecular weight is 332 g/mol. The minimum absolute atomic E-state index is 0.0924. The van der Waals surface area contributed by atoms with Crippen molar-refractivity contribution in [3.05, 3.63) is 10.6 Å². The van der Waals surface area contributed by atoms with Gasteiger partial charge in [-0.3, -0.25) is 0 Å². The first kappa shape index (κ1) is 16.8. The molecule has 0 bridgehead atoms. The monoisotopic (exact) mass is 331 g/mol. The van der Waals surface area contributed by atoms with E-state index in [1.165, 1.54) is 17.8 Å². The van der Waals surface area contributed by atoms with E-state index < -0.39 is 9.84 Å². The van der Waals surface area contributed by atoms with Crippen molar-refractivity contribution in [2.75, 3.05) is 6.26 Å². The van der Waals surface area contributed by atoms with Crippen molar-refractivity contribution in [2.45, 2.75) is 63.2 Å². The number of nitrogens with two attached hydrogens (primary N) is 1. The summed E-state index contributed by atoms with van der Waals surface area (Å²) >= 11 is 1.35. The second kappa shape index (κ2) is 5.93. The van der Waals surface area contributed by atoms with Crippen molar-refractivity contribution in [3.63, 3.8) is 0 Å². The Morgan fingerprint density at radius 3 is 2.57 bits per heavy atom. The standard InChI is InChI=1S/C14H25N3O2S2/c1-14(2,3)13-12(20-17-16-13)11(15)9-6-5-7-10(8-9)21(4,18)19/h9-11H,5-8,15H2,1-4H3. The quantitative estimate of drug-likeness (QED) is 0.919. The van der Waals surface area contributed by atoms with Crippen molar-refractivity contribution < 1.29 is 8.42 Å². The molecule has 1 heterocycles. The Hall–Kier alpha value is -0.530. The van der Waals surface area contributed by atoms with E-state index in [-0.39, 0.29) is 22.6 Å². The van der Waals surface area contributed by atoms with Gasteiger partial charge in [-0.25, -0.2) is 8.42 Å². The molecular formula is C14H25N3O2S2. The number of sulfone groups is 1. The van der Waals surface area contributed by atoms with Crippen LogP contribution < -0.4 is 5.73 Å². The van der Waals surface area contributed by atoms with Gasteiger partial charge in [0.15, 0.2) is 0 Å². The van der Waals surface area contributed by atoms with Gasteiger partial charge in [0.25, 0.3) is 0 Å². The van der Waals surface area contributed by atoms with E-state index in [1.54, 1.807) is 0 Å². The SMILES string of the molecule is CC(C)(C)c1nnsc1C(N)C1CCCC(S(C)(=O)=O)C1.